The number of benzene rings is 2. The van der Waals surface area contributed by atoms with E-state index in [0.717, 1.165) is 11.1 Å². The molecule has 0 aliphatic carbocycles. The molecule has 0 fully saturated rings. The van der Waals surface area contributed by atoms with Gasteiger partial charge >= 0.3 is 6.03 Å². The highest BCUT2D eigenvalue weighted by Crippen LogP contribution is 2.09. The molecule has 132 valence electrons. The average molecular weight is 361 g/mol. The zero-order valence-electron chi connectivity index (χ0n) is 13.6. The summed E-state index contributed by atoms with van der Waals surface area (Å²) in [6, 6.07) is 12.9. The molecule has 0 aliphatic rings. The summed E-state index contributed by atoms with van der Waals surface area (Å²) in [5, 5.41) is 1.94. The maximum absolute atomic E-state index is 12.1. The van der Waals surface area contributed by atoms with Crippen molar-refractivity contribution in [2.24, 2.45) is 5.73 Å². The lowest BCUT2D eigenvalue weighted by Gasteiger charge is -2.12. The maximum atomic E-state index is 12.1. The molecule has 0 bridgehead atoms. The third-order valence-electron chi connectivity index (χ3n) is 3.43. The van der Waals surface area contributed by atoms with Crippen molar-refractivity contribution in [1.82, 2.24) is 10.0 Å². The fourth-order valence-corrected chi connectivity index (χ4v) is 3.00. The quantitative estimate of drug-likeness (QED) is 0.736. The SMILES string of the molecule is Cc1ccc(S(=O)(=O)NC(=O)NC(=O)C(N)Cc2ccccc2)cc1. The molecule has 0 aromatic heterocycles. The first kappa shape index (κ1) is 18.6. The molecule has 0 saturated carbocycles. The second-order valence-corrected chi connectivity index (χ2v) is 7.22. The molecule has 0 saturated heterocycles. The van der Waals surface area contributed by atoms with Crippen LogP contribution in [-0.4, -0.2) is 26.4 Å². The number of hydrogen-bond acceptors (Lipinski definition) is 5. The van der Waals surface area contributed by atoms with Gasteiger partial charge in [0.05, 0.1) is 10.9 Å². The van der Waals surface area contributed by atoms with Crippen LogP contribution in [0, 0.1) is 6.92 Å². The molecule has 25 heavy (non-hydrogen) atoms. The molecule has 0 spiro atoms. The van der Waals surface area contributed by atoms with Gasteiger partial charge in [0, 0.05) is 0 Å². The molecule has 8 heteroatoms. The second-order valence-electron chi connectivity index (χ2n) is 5.53. The Balaban J connectivity index is 1.94. The lowest BCUT2D eigenvalue weighted by Crippen LogP contribution is -2.49. The number of urea groups is 1. The van der Waals surface area contributed by atoms with E-state index in [1.54, 1.807) is 41.1 Å². The lowest BCUT2D eigenvalue weighted by atomic mass is 10.1. The number of hydrogen-bond donors (Lipinski definition) is 3. The van der Waals surface area contributed by atoms with E-state index in [0.29, 0.717) is 0 Å². The first-order valence-corrected chi connectivity index (χ1v) is 9.00. The van der Waals surface area contributed by atoms with Crippen LogP contribution < -0.4 is 15.8 Å². The van der Waals surface area contributed by atoms with Crippen molar-refractivity contribution in [3.05, 3.63) is 65.7 Å². The van der Waals surface area contributed by atoms with Crippen LogP contribution in [0.25, 0.3) is 0 Å². The van der Waals surface area contributed by atoms with Crippen LogP contribution in [0.1, 0.15) is 11.1 Å². The Morgan fingerprint density at radius 1 is 1.04 bits per heavy atom. The number of imide groups is 1. The molecule has 2 rings (SSSR count). The fraction of sp³-hybridized carbons (Fsp3) is 0.176. The van der Waals surface area contributed by atoms with Gasteiger partial charge < -0.3 is 5.73 Å². The third kappa shape index (κ3) is 5.40. The van der Waals surface area contributed by atoms with Gasteiger partial charge in [-0.2, -0.15) is 0 Å². The van der Waals surface area contributed by atoms with E-state index in [2.05, 4.69) is 0 Å². The summed E-state index contributed by atoms with van der Waals surface area (Å²) in [5.74, 6) is -0.763. The van der Waals surface area contributed by atoms with Crippen LogP contribution in [0.2, 0.25) is 0 Å². The average Bonchev–Trinajstić information content (AvgIpc) is 2.55. The molecular weight excluding hydrogens is 342 g/mol. The molecule has 1 atom stereocenters. The van der Waals surface area contributed by atoms with Crippen molar-refractivity contribution in [1.29, 1.82) is 0 Å². The summed E-state index contributed by atoms with van der Waals surface area (Å²) in [6.07, 6.45) is 0.227. The number of rotatable bonds is 5. The highest BCUT2D eigenvalue weighted by molar-refractivity contribution is 7.90. The summed E-state index contributed by atoms with van der Waals surface area (Å²) in [4.78, 5) is 23.6. The zero-order chi connectivity index (χ0) is 18.4. The van der Waals surface area contributed by atoms with Gasteiger partial charge in [-0.05, 0) is 31.0 Å². The molecule has 1 unspecified atom stereocenters. The Labute approximate surface area is 146 Å². The number of nitrogens with two attached hydrogens (primary N) is 1. The lowest BCUT2D eigenvalue weighted by molar-refractivity contribution is -0.121. The van der Waals surface area contributed by atoms with E-state index < -0.39 is 28.0 Å². The van der Waals surface area contributed by atoms with Crippen molar-refractivity contribution in [3.8, 4) is 0 Å². The summed E-state index contributed by atoms with van der Waals surface area (Å²) in [7, 11) is -4.06. The van der Waals surface area contributed by atoms with Gasteiger partial charge in [-0.15, -0.1) is 0 Å². The van der Waals surface area contributed by atoms with E-state index in [9.17, 15) is 18.0 Å². The van der Waals surface area contributed by atoms with Crippen LogP contribution in [0.3, 0.4) is 0 Å². The monoisotopic (exact) mass is 361 g/mol. The molecule has 0 aliphatic heterocycles. The summed E-state index contributed by atoms with van der Waals surface area (Å²) < 4.78 is 26.0. The number of sulfonamides is 1. The van der Waals surface area contributed by atoms with Gasteiger partial charge in [0.25, 0.3) is 10.0 Å². The zero-order valence-corrected chi connectivity index (χ0v) is 14.4. The highest BCUT2D eigenvalue weighted by atomic mass is 32.2. The Morgan fingerprint density at radius 2 is 1.64 bits per heavy atom. The number of amides is 3. The van der Waals surface area contributed by atoms with E-state index >= 15 is 0 Å². The Kier molecular flexibility index (Phi) is 5.89. The fourth-order valence-electron chi connectivity index (χ4n) is 2.09. The second kappa shape index (κ2) is 7.91. The minimum absolute atomic E-state index is 0.0747. The first-order chi connectivity index (χ1) is 11.8. The minimum Gasteiger partial charge on any atom is -0.320 e. The predicted molar refractivity (Wildman–Crippen MR) is 93.2 cm³/mol. The van der Waals surface area contributed by atoms with Gasteiger partial charge in [0.15, 0.2) is 0 Å². The van der Waals surface area contributed by atoms with E-state index in [1.165, 1.54) is 12.1 Å². The number of carbonyl (C=O) groups is 2. The highest BCUT2D eigenvalue weighted by Gasteiger charge is 2.21. The van der Waals surface area contributed by atoms with E-state index in [-0.39, 0.29) is 11.3 Å². The number of nitrogens with one attached hydrogen (secondary N) is 2. The molecule has 7 nitrogen and oxygen atoms in total. The summed E-state index contributed by atoms with van der Waals surface area (Å²) in [5.41, 5.74) is 7.46. The van der Waals surface area contributed by atoms with Crippen LogP contribution in [0.5, 0.6) is 0 Å². The molecular formula is C17H19N3O4S. The Morgan fingerprint density at radius 3 is 2.24 bits per heavy atom. The molecule has 2 aromatic carbocycles. The number of carbonyl (C=O) groups excluding carboxylic acids is 2. The van der Waals surface area contributed by atoms with Crippen LogP contribution >= 0.6 is 0 Å². The van der Waals surface area contributed by atoms with Crippen molar-refractivity contribution < 1.29 is 18.0 Å². The topological polar surface area (TPSA) is 118 Å². The smallest absolute Gasteiger partial charge is 0.320 e. The molecule has 0 radical (unpaired) electrons. The predicted octanol–water partition coefficient (Wildman–Crippen LogP) is 1.08. The van der Waals surface area contributed by atoms with Crippen molar-refractivity contribution in [3.63, 3.8) is 0 Å². The molecule has 4 N–H and O–H groups in total. The van der Waals surface area contributed by atoms with Gasteiger partial charge in [0.1, 0.15) is 0 Å². The molecule has 2 aromatic rings. The van der Waals surface area contributed by atoms with E-state index in [1.807, 2.05) is 18.3 Å². The van der Waals surface area contributed by atoms with Crippen LogP contribution in [0.4, 0.5) is 4.79 Å². The maximum Gasteiger partial charge on any atom is 0.335 e. The minimum atomic E-state index is -4.06. The van der Waals surface area contributed by atoms with Crippen molar-refractivity contribution in [2.45, 2.75) is 24.3 Å². The van der Waals surface area contributed by atoms with Gasteiger partial charge in [-0.25, -0.2) is 17.9 Å². The standard InChI is InChI=1S/C17H19N3O4S/c1-12-7-9-14(10-8-12)25(23,24)20-17(22)19-16(21)15(18)11-13-5-3-2-4-6-13/h2-10,15H,11,18H2,1H3,(H2,19,20,21,22). The molecule has 0 heterocycles. The van der Waals surface area contributed by atoms with E-state index in [4.69, 9.17) is 5.73 Å². The first-order valence-electron chi connectivity index (χ1n) is 7.52. The van der Waals surface area contributed by atoms with Gasteiger partial charge in [-0.1, -0.05) is 48.0 Å². The van der Waals surface area contributed by atoms with Gasteiger partial charge in [-0.3, -0.25) is 10.1 Å². The molecule has 3 amide bonds. The Hall–Kier alpha value is -2.71. The summed E-state index contributed by atoms with van der Waals surface area (Å²) >= 11 is 0. The largest absolute Gasteiger partial charge is 0.335 e. The number of aryl methyl sites for hydroxylation is 1. The third-order valence-corrected chi connectivity index (χ3v) is 4.78. The Bertz CT molecular complexity index is 849. The van der Waals surface area contributed by atoms with Crippen LogP contribution in [0.15, 0.2) is 59.5 Å². The van der Waals surface area contributed by atoms with Crippen molar-refractivity contribution in [2.75, 3.05) is 0 Å². The van der Waals surface area contributed by atoms with Crippen molar-refractivity contribution >= 4 is 22.0 Å². The van der Waals surface area contributed by atoms with Gasteiger partial charge in [0.2, 0.25) is 5.91 Å². The normalized spacial score (nSPS) is 12.2. The van der Waals surface area contributed by atoms with Crippen LogP contribution in [-0.2, 0) is 21.2 Å². The summed E-state index contributed by atoms with van der Waals surface area (Å²) in [6.45, 7) is 1.81.